The largest absolute Gasteiger partial charge is 0.330 e. The molecule has 0 bridgehead atoms. The third kappa shape index (κ3) is 4.90. The summed E-state index contributed by atoms with van der Waals surface area (Å²) in [5.41, 5.74) is 2.47. The van der Waals surface area contributed by atoms with Crippen LogP contribution < -0.4 is 5.56 Å². The predicted octanol–water partition coefficient (Wildman–Crippen LogP) is 3.97. The van der Waals surface area contributed by atoms with Crippen LogP contribution in [0.3, 0.4) is 0 Å². The maximum atomic E-state index is 13.8. The van der Waals surface area contributed by atoms with E-state index in [0.29, 0.717) is 18.7 Å². The van der Waals surface area contributed by atoms with Gasteiger partial charge in [0, 0.05) is 30.8 Å². The van der Waals surface area contributed by atoms with Crippen molar-refractivity contribution in [1.29, 1.82) is 0 Å². The lowest BCUT2D eigenvalue weighted by Gasteiger charge is -2.34. The quantitative estimate of drug-likeness (QED) is 0.610. The van der Waals surface area contributed by atoms with Crippen molar-refractivity contribution in [3.05, 3.63) is 93.9 Å². The summed E-state index contributed by atoms with van der Waals surface area (Å²) in [6.07, 6.45) is 12.3. The Hall–Kier alpha value is -3.28. The fourth-order valence-corrected chi connectivity index (χ4v) is 4.31. The lowest BCUT2D eigenvalue weighted by atomic mass is 9.93. The van der Waals surface area contributed by atoms with E-state index >= 15 is 0 Å². The van der Waals surface area contributed by atoms with E-state index in [1.807, 2.05) is 48.2 Å². The first-order valence-electron chi connectivity index (χ1n) is 10.9. The molecular formula is C25H28N4O2. The van der Waals surface area contributed by atoms with Crippen LogP contribution in [-0.2, 0) is 13.1 Å². The molecule has 1 fully saturated rings. The second-order valence-corrected chi connectivity index (χ2v) is 8.21. The van der Waals surface area contributed by atoms with Gasteiger partial charge in [0.1, 0.15) is 5.56 Å². The minimum absolute atomic E-state index is 0.133. The molecule has 1 aliphatic rings. The molecule has 6 heteroatoms. The molecule has 160 valence electrons. The van der Waals surface area contributed by atoms with Gasteiger partial charge >= 0.3 is 0 Å². The van der Waals surface area contributed by atoms with Gasteiger partial charge in [-0.05, 0) is 55.2 Å². The van der Waals surface area contributed by atoms with Gasteiger partial charge in [-0.25, -0.2) is 0 Å². The Bertz CT molecular complexity index is 1070. The van der Waals surface area contributed by atoms with Crippen molar-refractivity contribution in [3.63, 3.8) is 0 Å². The zero-order chi connectivity index (χ0) is 21.6. The molecule has 6 nitrogen and oxygen atoms in total. The summed E-state index contributed by atoms with van der Waals surface area (Å²) < 4.78 is 1.59. The van der Waals surface area contributed by atoms with Gasteiger partial charge in [0.2, 0.25) is 0 Å². The fraction of sp³-hybridized carbons (Fsp3) is 0.360. The number of aryl methyl sites for hydroxylation is 1. The molecule has 0 atom stereocenters. The molecule has 31 heavy (non-hydrogen) atoms. The van der Waals surface area contributed by atoms with Gasteiger partial charge in [-0.1, -0.05) is 31.4 Å². The SMILES string of the molecule is Cc1ccn(Cc2cccnc2)c(=O)c1C(=O)N(Cc1ccccn1)C1CCCCC1. The van der Waals surface area contributed by atoms with Crippen LogP contribution in [0.15, 0.2) is 66.0 Å². The molecule has 0 saturated heterocycles. The molecule has 0 aliphatic heterocycles. The molecule has 0 radical (unpaired) electrons. The molecule has 1 aliphatic carbocycles. The molecule has 0 spiro atoms. The molecular weight excluding hydrogens is 388 g/mol. The number of amides is 1. The molecule has 4 rings (SSSR count). The maximum Gasteiger partial charge on any atom is 0.263 e. The van der Waals surface area contributed by atoms with Crippen LogP contribution in [0.2, 0.25) is 0 Å². The number of hydrogen-bond donors (Lipinski definition) is 0. The topological polar surface area (TPSA) is 68.1 Å². The molecule has 3 aromatic rings. The predicted molar refractivity (Wildman–Crippen MR) is 120 cm³/mol. The van der Waals surface area contributed by atoms with Crippen LogP contribution in [0.25, 0.3) is 0 Å². The van der Waals surface area contributed by atoms with Crippen molar-refractivity contribution in [2.45, 2.75) is 58.2 Å². The van der Waals surface area contributed by atoms with E-state index in [1.165, 1.54) is 6.42 Å². The Morgan fingerprint density at radius 1 is 1.10 bits per heavy atom. The van der Waals surface area contributed by atoms with Crippen LogP contribution >= 0.6 is 0 Å². The van der Waals surface area contributed by atoms with E-state index in [2.05, 4.69) is 9.97 Å². The smallest absolute Gasteiger partial charge is 0.263 e. The first-order chi connectivity index (χ1) is 15.1. The molecule has 0 unspecified atom stereocenters. The van der Waals surface area contributed by atoms with Gasteiger partial charge in [0.25, 0.3) is 11.5 Å². The van der Waals surface area contributed by atoms with Gasteiger partial charge in [0.05, 0.1) is 18.8 Å². The summed E-state index contributed by atoms with van der Waals surface area (Å²) in [7, 11) is 0. The fourth-order valence-electron chi connectivity index (χ4n) is 4.31. The van der Waals surface area contributed by atoms with Gasteiger partial charge in [-0.3, -0.25) is 19.6 Å². The Labute approximate surface area is 182 Å². The Balaban J connectivity index is 1.68. The van der Waals surface area contributed by atoms with Crippen LogP contribution in [0, 0.1) is 6.92 Å². The van der Waals surface area contributed by atoms with Crippen molar-refractivity contribution >= 4 is 5.91 Å². The maximum absolute atomic E-state index is 13.8. The summed E-state index contributed by atoms with van der Waals surface area (Å²) in [6.45, 7) is 2.64. The van der Waals surface area contributed by atoms with Crippen LogP contribution in [0.4, 0.5) is 0 Å². The normalized spacial score (nSPS) is 14.4. The summed E-state index contributed by atoms with van der Waals surface area (Å²) in [4.78, 5) is 37.5. The molecule has 3 heterocycles. The van der Waals surface area contributed by atoms with E-state index in [1.54, 1.807) is 29.4 Å². The second-order valence-electron chi connectivity index (χ2n) is 8.21. The highest BCUT2D eigenvalue weighted by atomic mass is 16.2. The highest BCUT2D eigenvalue weighted by Crippen LogP contribution is 2.25. The number of pyridine rings is 3. The molecule has 3 aromatic heterocycles. The van der Waals surface area contributed by atoms with E-state index in [0.717, 1.165) is 36.9 Å². The van der Waals surface area contributed by atoms with Gasteiger partial charge in [-0.2, -0.15) is 0 Å². The van der Waals surface area contributed by atoms with Crippen molar-refractivity contribution in [3.8, 4) is 0 Å². The molecule has 0 aromatic carbocycles. The third-order valence-electron chi connectivity index (χ3n) is 6.00. The van der Waals surface area contributed by atoms with Crippen molar-refractivity contribution in [2.75, 3.05) is 0 Å². The summed E-state index contributed by atoms with van der Waals surface area (Å²) in [6, 6.07) is 11.5. The number of nitrogens with zero attached hydrogens (tertiary/aromatic N) is 4. The molecule has 1 saturated carbocycles. The first kappa shape index (κ1) is 21.0. The number of carbonyl (C=O) groups is 1. The highest BCUT2D eigenvalue weighted by Gasteiger charge is 2.29. The minimum Gasteiger partial charge on any atom is -0.330 e. The third-order valence-corrected chi connectivity index (χ3v) is 6.00. The zero-order valence-corrected chi connectivity index (χ0v) is 17.9. The first-order valence-corrected chi connectivity index (χ1v) is 10.9. The zero-order valence-electron chi connectivity index (χ0n) is 17.9. The monoisotopic (exact) mass is 416 g/mol. The lowest BCUT2D eigenvalue weighted by molar-refractivity contribution is 0.0607. The average molecular weight is 417 g/mol. The summed E-state index contributed by atoms with van der Waals surface area (Å²) in [5.74, 6) is -0.194. The Morgan fingerprint density at radius 3 is 2.65 bits per heavy atom. The molecule has 1 amide bonds. The van der Waals surface area contributed by atoms with E-state index in [4.69, 9.17) is 0 Å². The van der Waals surface area contributed by atoms with Crippen LogP contribution in [0.5, 0.6) is 0 Å². The summed E-state index contributed by atoms with van der Waals surface area (Å²) >= 11 is 0. The number of aromatic nitrogens is 3. The van der Waals surface area contributed by atoms with E-state index in [9.17, 15) is 9.59 Å². The van der Waals surface area contributed by atoms with Gasteiger partial charge in [-0.15, -0.1) is 0 Å². The minimum atomic E-state index is -0.254. The summed E-state index contributed by atoms with van der Waals surface area (Å²) in [5, 5.41) is 0. The number of rotatable bonds is 6. The molecule has 0 N–H and O–H groups in total. The number of hydrogen-bond acceptors (Lipinski definition) is 4. The number of carbonyl (C=O) groups excluding carboxylic acids is 1. The highest BCUT2D eigenvalue weighted by molar-refractivity contribution is 5.95. The Morgan fingerprint density at radius 2 is 1.94 bits per heavy atom. The Kier molecular flexibility index (Phi) is 6.55. The average Bonchev–Trinajstić information content (AvgIpc) is 2.81. The van der Waals surface area contributed by atoms with E-state index in [-0.39, 0.29) is 23.1 Å². The second kappa shape index (κ2) is 9.69. The van der Waals surface area contributed by atoms with Crippen LogP contribution in [-0.4, -0.2) is 31.4 Å². The van der Waals surface area contributed by atoms with Crippen LogP contribution in [0.1, 0.15) is 59.3 Å². The standard InChI is InChI=1S/C25H28N4O2/c1-19-12-15-28(17-20-8-7-13-26-16-20)24(30)23(19)25(31)29(22-10-3-2-4-11-22)18-21-9-5-6-14-27-21/h5-9,12-16,22H,2-4,10-11,17-18H2,1H3. The van der Waals surface area contributed by atoms with Gasteiger partial charge < -0.3 is 9.47 Å². The van der Waals surface area contributed by atoms with Crippen molar-refractivity contribution in [2.24, 2.45) is 0 Å². The van der Waals surface area contributed by atoms with Crippen molar-refractivity contribution in [1.82, 2.24) is 19.4 Å². The van der Waals surface area contributed by atoms with E-state index < -0.39 is 0 Å². The van der Waals surface area contributed by atoms with Gasteiger partial charge in [0.15, 0.2) is 0 Å². The van der Waals surface area contributed by atoms with Crippen molar-refractivity contribution < 1.29 is 4.79 Å². The lowest BCUT2D eigenvalue weighted by Crippen LogP contribution is -2.44.